The van der Waals surface area contributed by atoms with Crippen molar-refractivity contribution in [2.75, 3.05) is 13.7 Å². The summed E-state index contributed by atoms with van der Waals surface area (Å²) >= 11 is 0. The van der Waals surface area contributed by atoms with Crippen LogP contribution in [0.1, 0.15) is 23.1 Å². The number of carbonyl (C=O) groups is 1. The third-order valence-electron chi connectivity index (χ3n) is 3.76. The van der Waals surface area contributed by atoms with Crippen LogP contribution in [-0.2, 0) is 6.54 Å². The molecule has 0 atom stereocenters. The van der Waals surface area contributed by atoms with Crippen molar-refractivity contribution >= 4 is 16.9 Å². The van der Waals surface area contributed by atoms with Crippen molar-refractivity contribution in [1.29, 1.82) is 0 Å². The molecule has 1 heterocycles. The second-order valence-corrected chi connectivity index (χ2v) is 6.10. The van der Waals surface area contributed by atoms with Gasteiger partial charge in [-0.05, 0) is 36.8 Å². The molecule has 3 rings (SSSR count). The van der Waals surface area contributed by atoms with Crippen LogP contribution in [0.4, 0.5) is 0 Å². The fourth-order valence-electron chi connectivity index (χ4n) is 2.55. The molecule has 25 heavy (non-hydrogen) atoms. The number of para-hydroxylation sites is 3. The van der Waals surface area contributed by atoms with E-state index in [-0.39, 0.29) is 5.91 Å². The molecule has 0 radical (unpaired) electrons. The highest BCUT2D eigenvalue weighted by atomic mass is 16.5. The summed E-state index contributed by atoms with van der Waals surface area (Å²) in [4.78, 5) is 22.2. The van der Waals surface area contributed by atoms with Gasteiger partial charge in [-0.15, -0.1) is 0 Å². The molecule has 0 saturated heterocycles. The number of benzene rings is 2. The van der Waals surface area contributed by atoms with Crippen molar-refractivity contribution in [3.05, 3.63) is 72.1 Å². The molecule has 0 saturated carbocycles. The number of hydrogen-bond acceptors (Lipinski definition) is 3. The molecule has 0 aliphatic carbocycles. The van der Waals surface area contributed by atoms with Gasteiger partial charge in [-0.2, -0.15) is 0 Å². The van der Waals surface area contributed by atoms with E-state index in [1.165, 1.54) is 0 Å². The lowest BCUT2D eigenvalue weighted by molar-refractivity contribution is 0.0778. The van der Waals surface area contributed by atoms with Crippen LogP contribution in [0.25, 0.3) is 11.0 Å². The Morgan fingerprint density at radius 1 is 1.20 bits per heavy atom. The molecule has 2 aromatic carbocycles. The highest BCUT2D eigenvalue weighted by Gasteiger charge is 2.18. The summed E-state index contributed by atoms with van der Waals surface area (Å²) in [5, 5.41) is 0. The Bertz CT molecular complexity index is 881. The number of carbonyl (C=O) groups excluding carboxylic acids is 1. The van der Waals surface area contributed by atoms with E-state index in [4.69, 9.17) is 4.74 Å². The predicted molar refractivity (Wildman–Crippen MR) is 98.6 cm³/mol. The Morgan fingerprint density at radius 3 is 2.68 bits per heavy atom. The number of rotatable bonds is 6. The Kier molecular flexibility index (Phi) is 4.84. The molecule has 5 heteroatoms. The molecule has 0 spiro atoms. The van der Waals surface area contributed by atoms with Crippen molar-refractivity contribution in [3.8, 4) is 5.75 Å². The van der Waals surface area contributed by atoms with Crippen LogP contribution in [0.5, 0.6) is 5.75 Å². The lowest BCUT2D eigenvalue weighted by Crippen LogP contribution is -2.27. The molecular formula is C20H21N3O2. The Labute approximate surface area is 146 Å². The van der Waals surface area contributed by atoms with E-state index in [1.54, 1.807) is 24.1 Å². The summed E-state index contributed by atoms with van der Waals surface area (Å²) in [6.07, 6.45) is 0. The molecule has 5 nitrogen and oxygen atoms in total. The first kappa shape index (κ1) is 16.8. The van der Waals surface area contributed by atoms with Gasteiger partial charge in [0.05, 0.1) is 23.1 Å². The van der Waals surface area contributed by atoms with E-state index in [1.807, 2.05) is 43.3 Å². The Hall–Kier alpha value is -3.08. The van der Waals surface area contributed by atoms with E-state index in [0.717, 1.165) is 22.4 Å². The van der Waals surface area contributed by atoms with Gasteiger partial charge in [-0.25, -0.2) is 4.98 Å². The fourth-order valence-corrected chi connectivity index (χ4v) is 2.55. The lowest BCUT2D eigenvalue weighted by atomic mass is 10.1. The van der Waals surface area contributed by atoms with Gasteiger partial charge in [0.1, 0.15) is 18.2 Å². The normalized spacial score (nSPS) is 10.6. The third-order valence-corrected chi connectivity index (χ3v) is 3.76. The molecular weight excluding hydrogens is 314 g/mol. The van der Waals surface area contributed by atoms with Crippen molar-refractivity contribution in [1.82, 2.24) is 14.9 Å². The summed E-state index contributed by atoms with van der Waals surface area (Å²) in [7, 11) is 1.76. The van der Waals surface area contributed by atoms with Gasteiger partial charge in [0.25, 0.3) is 5.91 Å². The smallest absolute Gasteiger partial charge is 0.257 e. The molecule has 1 aromatic heterocycles. The van der Waals surface area contributed by atoms with Crippen LogP contribution in [0.15, 0.2) is 60.7 Å². The SMILES string of the molecule is C=C(C)COc1ccccc1C(=O)N(C)Cc1nc2ccccc2[nH]1. The van der Waals surface area contributed by atoms with Gasteiger partial charge in [-0.3, -0.25) is 4.79 Å². The number of nitrogens with one attached hydrogen (secondary N) is 1. The molecule has 0 aliphatic heterocycles. The van der Waals surface area contributed by atoms with Gasteiger partial charge in [0, 0.05) is 7.05 Å². The summed E-state index contributed by atoms with van der Waals surface area (Å²) < 4.78 is 5.70. The van der Waals surface area contributed by atoms with E-state index in [0.29, 0.717) is 24.5 Å². The second kappa shape index (κ2) is 7.21. The van der Waals surface area contributed by atoms with Gasteiger partial charge in [0.15, 0.2) is 0 Å². The maximum Gasteiger partial charge on any atom is 0.257 e. The van der Waals surface area contributed by atoms with Gasteiger partial charge in [-0.1, -0.05) is 30.8 Å². The quantitative estimate of drug-likeness (QED) is 0.697. The number of fused-ring (bicyclic) bond motifs is 1. The first-order chi connectivity index (χ1) is 12.0. The van der Waals surface area contributed by atoms with E-state index < -0.39 is 0 Å². The number of imidazole rings is 1. The molecule has 0 aliphatic rings. The summed E-state index contributed by atoms with van der Waals surface area (Å²) in [6, 6.07) is 15.0. The Balaban J connectivity index is 1.77. The number of amides is 1. The number of H-pyrrole nitrogens is 1. The second-order valence-electron chi connectivity index (χ2n) is 6.10. The van der Waals surface area contributed by atoms with Crippen LogP contribution < -0.4 is 4.74 Å². The van der Waals surface area contributed by atoms with Crippen LogP contribution in [0.3, 0.4) is 0 Å². The standard InChI is InChI=1S/C20H21N3O2/c1-14(2)13-25-18-11-7-4-8-15(18)20(24)23(3)12-19-21-16-9-5-6-10-17(16)22-19/h4-11H,1,12-13H2,2-3H3,(H,21,22). The van der Waals surface area contributed by atoms with Crippen molar-refractivity contribution < 1.29 is 9.53 Å². The maximum absolute atomic E-state index is 12.8. The fraction of sp³-hybridized carbons (Fsp3) is 0.200. The highest BCUT2D eigenvalue weighted by molar-refractivity contribution is 5.96. The minimum atomic E-state index is -0.113. The maximum atomic E-state index is 12.8. The Morgan fingerprint density at radius 2 is 1.92 bits per heavy atom. The molecule has 3 aromatic rings. The predicted octanol–water partition coefficient (Wildman–Crippen LogP) is 3.79. The van der Waals surface area contributed by atoms with Crippen LogP contribution in [0.2, 0.25) is 0 Å². The third kappa shape index (κ3) is 3.88. The van der Waals surface area contributed by atoms with Crippen LogP contribution >= 0.6 is 0 Å². The average molecular weight is 335 g/mol. The summed E-state index contributed by atoms with van der Waals surface area (Å²) in [5.74, 6) is 1.20. The topological polar surface area (TPSA) is 58.2 Å². The first-order valence-corrected chi connectivity index (χ1v) is 8.10. The number of aromatic nitrogens is 2. The monoisotopic (exact) mass is 335 g/mol. The largest absolute Gasteiger partial charge is 0.488 e. The van der Waals surface area contributed by atoms with Crippen LogP contribution in [0, 0.1) is 0 Å². The van der Waals surface area contributed by atoms with Crippen LogP contribution in [-0.4, -0.2) is 34.4 Å². The number of nitrogens with zero attached hydrogens (tertiary/aromatic N) is 2. The minimum absolute atomic E-state index is 0.113. The first-order valence-electron chi connectivity index (χ1n) is 8.10. The van der Waals surface area contributed by atoms with Gasteiger partial charge < -0.3 is 14.6 Å². The van der Waals surface area contributed by atoms with Gasteiger partial charge >= 0.3 is 0 Å². The zero-order valence-electron chi connectivity index (χ0n) is 14.5. The molecule has 0 unspecified atom stereocenters. The molecule has 0 fully saturated rings. The average Bonchev–Trinajstić information content (AvgIpc) is 3.01. The summed E-state index contributed by atoms with van der Waals surface area (Å²) in [6.45, 7) is 6.49. The van der Waals surface area contributed by atoms with Crippen molar-refractivity contribution in [2.45, 2.75) is 13.5 Å². The molecule has 1 N–H and O–H groups in total. The van der Waals surface area contributed by atoms with Gasteiger partial charge in [0.2, 0.25) is 0 Å². The molecule has 0 bridgehead atoms. The van der Waals surface area contributed by atoms with Crippen molar-refractivity contribution in [3.63, 3.8) is 0 Å². The van der Waals surface area contributed by atoms with E-state index in [9.17, 15) is 4.79 Å². The highest BCUT2D eigenvalue weighted by Crippen LogP contribution is 2.21. The van der Waals surface area contributed by atoms with E-state index >= 15 is 0 Å². The number of ether oxygens (including phenoxy) is 1. The molecule has 128 valence electrons. The zero-order valence-corrected chi connectivity index (χ0v) is 14.5. The molecule has 1 amide bonds. The minimum Gasteiger partial charge on any atom is -0.488 e. The number of hydrogen-bond donors (Lipinski definition) is 1. The lowest BCUT2D eigenvalue weighted by Gasteiger charge is -2.18. The zero-order chi connectivity index (χ0) is 17.8. The summed E-state index contributed by atoms with van der Waals surface area (Å²) in [5.41, 5.74) is 3.28. The van der Waals surface area contributed by atoms with E-state index in [2.05, 4.69) is 16.5 Å². The number of aromatic amines is 1. The van der Waals surface area contributed by atoms with Crippen molar-refractivity contribution in [2.24, 2.45) is 0 Å².